The number of carbonyl (C=O) groups excluding carboxylic acids is 3. The van der Waals surface area contributed by atoms with E-state index in [4.69, 9.17) is 11.6 Å². The average molecular weight is 418 g/mol. The van der Waals surface area contributed by atoms with Crippen molar-refractivity contribution in [1.82, 2.24) is 4.90 Å². The summed E-state index contributed by atoms with van der Waals surface area (Å²) in [6.45, 7) is 0. The summed E-state index contributed by atoms with van der Waals surface area (Å²) in [5, 5.41) is 5.63. The summed E-state index contributed by atoms with van der Waals surface area (Å²) in [7, 11) is 3.42. The van der Waals surface area contributed by atoms with Gasteiger partial charge in [-0.1, -0.05) is 23.7 Å². The molecule has 3 amide bonds. The summed E-state index contributed by atoms with van der Waals surface area (Å²) in [4.78, 5) is 38.8. The molecule has 1 atom stereocenters. The van der Waals surface area contributed by atoms with Gasteiger partial charge in [0.25, 0.3) is 0 Å². The van der Waals surface area contributed by atoms with E-state index in [2.05, 4.69) is 10.6 Å². The number of halogens is 1. The highest BCUT2D eigenvalue weighted by atomic mass is 35.5. The lowest BCUT2D eigenvalue weighted by Gasteiger charge is -2.23. The van der Waals surface area contributed by atoms with Crippen molar-refractivity contribution in [3.63, 3.8) is 0 Å². The summed E-state index contributed by atoms with van der Waals surface area (Å²) in [6, 6.07) is 12.4. The Hall–Kier alpha value is -2.51. The fourth-order valence-corrected chi connectivity index (χ4v) is 3.94. The molecule has 1 heterocycles. The Kier molecular flexibility index (Phi) is 6.26. The zero-order chi connectivity index (χ0) is 20.3. The fourth-order valence-electron chi connectivity index (χ4n) is 2.68. The molecule has 0 aliphatic carbocycles. The number of hydrogen-bond donors (Lipinski definition) is 2. The number of fused-ring (bicyclic) bond motifs is 1. The smallest absolute Gasteiger partial charge is 0.238 e. The van der Waals surface area contributed by atoms with Crippen molar-refractivity contribution in [2.24, 2.45) is 0 Å². The molecule has 0 bridgehead atoms. The molecule has 1 aliphatic rings. The molecule has 0 spiro atoms. The van der Waals surface area contributed by atoms with Crippen LogP contribution in [0.4, 0.5) is 11.4 Å². The number of anilines is 2. The van der Waals surface area contributed by atoms with E-state index in [9.17, 15) is 14.4 Å². The second kappa shape index (κ2) is 8.67. The normalized spacial score (nSPS) is 15.4. The maximum absolute atomic E-state index is 12.4. The minimum Gasteiger partial charge on any atom is -0.349 e. The number of benzene rings is 2. The number of amides is 3. The Labute approximate surface area is 172 Å². The van der Waals surface area contributed by atoms with Gasteiger partial charge in [0.2, 0.25) is 17.7 Å². The predicted molar refractivity (Wildman–Crippen MR) is 112 cm³/mol. The van der Waals surface area contributed by atoms with Gasteiger partial charge < -0.3 is 15.5 Å². The first-order valence-electron chi connectivity index (χ1n) is 8.68. The van der Waals surface area contributed by atoms with Gasteiger partial charge in [0.1, 0.15) is 0 Å². The first-order valence-corrected chi connectivity index (χ1v) is 9.93. The van der Waals surface area contributed by atoms with Gasteiger partial charge in [-0.2, -0.15) is 0 Å². The van der Waals surface area contributed by atoms with Gasteiger partial charge in [0.05, 0.1) is 17.4 Å². The molecule has 1 unspecified atom stereocenters. The molecule has 6 nitrogen and oxygen atoms in total. The molecule has 0 aromatic heterocycles. The zero-order valence-corrected chi connectivity index (χ0v) is 17.1. The predicted octanol–water partition coefficient (Wildman–Crippen LogP) is 3.41. The van der Waals surface area contributed by atoms with E-state index in [-0.39, 0.29) is 24.1 Å². The first kappa shape index (κ1) is 20.2. The Morgan fingerprint density at radius 1 is 1.18 bits per heavy atom. The van der Waals surface area contributed by atoms with Crippen LogP contribution in [0.3, 0.4) is 0 Å². The summed E-state index contributed by atoms with van der Waals surface area (Å²) < 4.78 is 0. The summed E-state index contributed by atoms with van der Waals surface area (Å²) in [6.07, 6.45) is 0.364. The molecule has 0 saturated carbocycles. The Morgan fingerprint density at radius 2 is 1.89 bits per heavy atom. The van der Waals surface area contributed by atoms with Gasteiger partial charge in [-0.3, -0.25) is 14.4 Å². The maximum atomic E-state index is 12.4. The second-order valence-electron chi connectivity index (χ2n) is 6.65. The van der Waals surface area contributed by atoms with Crippen molar-refractivity contribution in [2.75, 3.05) is 24.7 Å². The van der Waals surface area contributed by atoms with Crippen molar-refractivity contribution < 1.29 is 14.4 Å². The van der Waals surface area contributed by atoms with Crippen LogP contribution in [0, 0.1) is 0 Å². The van der Waals surface area contributed by atoms with Gasteiger partial charge in [-0.25, -0.2) is 0 Å². The van der Waals surface area contributed by atoms with Crippen LogP contribution < -0.4 is 10.6 Å². The van der Waals surface area contributed by atoms with Crippen LogP contribution in [-0.4, -0.2) is 42.0 Å². The molecule has 0 radical (unpaired) electrons. The minimum absolute atomic E-state index is 0.0127. The van der Waals surface area contributed by atoms with Gasteiger partial charge in [0.15, 0.2) is 0 Å². The average Bonchev–Trinajstić information content (AvgIpc) is 2.64. The number of likely N-dealkylation sites (N-methyl/N-ethyl adjacent to an activating group) is 1. The Bertz CT molecular complexity index is 915. The molecule has 3 rings (SSSR count). The maximum Gasteiger partial charge on any atom is 0.238 e. The molecule has 2 aromatic rings. The number of carbonyl (C=O) groups is 3. The van der Waals surface area contributed by atoms with Crippen molar-refractivity contribution >= 4 is 52.5 Å². The van der Waals surface area contributed by atoms with Gasteiger partial charge in [0, 0.05) is 36.1 Å². The SMILES string of the molecule is CN(C)C(=O)Cc1ccc(NC(=O)CC2Sc3ccc(Cl)cc3NC2=O)cc1. The molecular formula is C20H20ClN3O3S. The van der Waals surface area contributed by atoms with Crippen LogP contribution in [0.15, 0.2) is 47.4 Å². The first-order chi connectivity index (χ1) is 13.3. The van der Waals surface area contributed by atoms with Crippen LogP contribution in [-0.2, 0) is 20.8 Å². The number of nitrogens with one attached hydrogen (secondary N) is 2. The molecule has 146 valence electrons. The third-order valence-electron chi connectivity index (χ3n) is 4.22. The number of hydrogen-bond acceptors (Lipinski definition) is 4. The Morgan fingerprint density at radius 3 is 2.57 bits per heavy atom. The molecular weight excluding hydrogens is 398 g/mol. The number of rotatable bonds is 5. The van der Waals surface area contributed by atoms with Crippen molar-refractivity contribution in [1.29, 1.82) is 0 Å². The van der Waals surface area contributed by atoms with E-state index >= 15 is 0 Å². The van der Waals surface area contributed by atoms with Crippen LogP contribution in [0.1, 0.15) is 12.0 Å². The number of thioether (sulfide) groups is 1. The fraction of sp³-hybridized carbons (Fsp3) is 0.250. The van der Waals surface area contributed by atoms with Crippen LogP contribution in [0.25, 0.3) is 0 Å². The van der Waals surface area contributed by atoms with E-state index in [0.29, 0.717) is 22.8 Å². The number of nitrogens with zero attached hydrogens (tertiary/aromatic N) is 1. The highest BCUT2D eigenvalue weighted by Gasteiger charge is 2.29. The van der Waals surface area contributed by atoms with Gasteiger partial charge in [-0.05, 0) is 35.9 Å². The van der Waals surface area contributed by atoms with Gasteiger partial charge in [-0.15, -0.1) is 11.8 Å². The molecule has 2 N–H and O–H groups in total. The summed E-state index contributed by atoms with van der Waals surface area (Å²) in [5.74, 6) is -0.451. The molecule has 0 saturated heterocycles. The summed E-state index contributed by atoms with van der Waals surface area (Å²) >= 11 is 7.29. The topological polar surface area (TPSA) is 78.5 Å². The van der Waals surface area contributed by atoms with E-state index in [1.54, 1.807) is 50.5 Å². The molecule has 8 heteroatoms. The molecule has 1 aliphatic heterocycles. The van der Waals surface area contributed by atoms with Gasteiger partial charge >= 0.3 is 0 Å². The third-order valence-corrected chi connectivity index (χ3v) is 5.73. The lowest BCUT2D eigenvalue weighted by Crippen LogP contribution is -2.32. The highest BCUT2D eigenvalue weighted by molar-refractivity contribution is 8.01. The van der Waals surface area contributed by atoms with E-state index in [0.717, 1.165) is 10.5 Å². The van der Waals surface area contributed by atoms with Crippen molar-refractivity contribution in [3.8, 4) is 0 Å². The standard InChI is InChI=1S/C20H20ClN3O3S/c1-24(2)19(26)9-12-3-6-14(7-4-12)22-18(25)11-17-20(27)23-15-10-13(21)5-8-16(15)28-17/h3-8,10,17H,9,11H2,1-2H3,(H,22,25)(H,23,27). The summed E-state index contributed by atoms with van der Waals surface area (Å²) in [5.41, 5.74) is 2.16. The molecule has 28 heavy (non-hydrogen) atoms. The second-order valence-corrected chi connectivity index (χ2v) is 8.33. The van der Waals surface area contributed by atoms with Crippen molar-refractivity contribution in [2.45, 2.75) is 23.0 Å². The molecule has 2 aromatic carbocycles. The Balaban J connectivity index is 1.57. The largest absolute Gasteiger partial charge is 0.349 e. The zero-order valence-electron chi connectivity index (χ0n) is 15.5. The van der Waals surface area contributed by atoms with Crippen molar-refractivity contribution in [3.05, 3.63) is 53.1 Å². The van der Waals surface area contributed by atoms with Crippen LogP contribution in [0.5, 0.6) is 0 Å². The van der Waals surface area contributed by atoms with Crippen LogP contribution in [0.2, 0.25) is 5.02 Å². The quantitative estimate of drug-likeness (QED) is 0.781. The van der Waals surface area contributed by atoms with E-state index < -0.39 is 5.25 Å². The lowest BCUT2D eigenvalue weighted by atomic mass is 10.1. The lowest BCUT2D eigenvalue weighted by molar-refractivity contribution is -0.128. The highest BCUT2D eigenvalue weighted by Crippen LogP contribution is 2.38. The third kappa shape index (κ3) is 5.05. The van der Waals surface area contributed by atoms with Crippen LogP contribution >= 0.6 is 23.4 Å². The van der Waals surface area contributed by atoms with E-state index in [1.807, 2.05) is 6.07 Å². The minimum atomic E-state index is -0.509. The molecule has 0 fully saturated rings. The monoisotopic (exact) mass is 417 g/mol. The van der Waals surface area contributed by atoms with E-state index in [1.165, 1.54) is 16.7 Å².